The Morgan fingerprint density at radius 3 is 2.88 bits per heavy atom. The van der Waals surface area contributed by atoms with Crippen LogP contribution in [0.3, 0.4) is 0 Å². The third-order valence-electron chi connectivity index (χ3n) is 3.16. The van der Waals surface area contributed by atoms with E-state index in [0.717, 1.165) is 18.8 Å². The van der Waals surface area contributed by atoms with Crippen molar-refractivity contribution in [3.8, 4) is 0 Å². The topological polar surface area (TPSA) is 41.1 Å². The van der Waals surface area contributed by atoms with Crippen LogP contribution in [0.2, 0.25) is 0 Å². The molecule has 0 saturated carbocycles. The summed E-state index contributed by atoms with van der Waals surface area (Å²) in [6.45, 7) is 3.13. The molecule has 0 bridgehead atoms. The quantitative estimate of drug-likeness (QED) is 0.799. The molecule has 1 aliphatic heterocycles. The van der Waals surface area contributed by atoms with Gasteiger partial charge in [-0.25, -0.2) is 9.97 Å². The highest BCUT2D eigenvalue weighted by Crippen LogP contribution is 2.25. The number of thiol groups is 1. The third kappa shape index (κ3) is 3.57. The number of rotatable bonds is 4. The van der Waals surface area contributed by atoms with E-state index in [1.54, 1.807) is 0 Å². The fourth-order valence-corrected chi connectivity index (χ4v) is 2.36. The van der Waals surface area contributed by atoms with Gasteiger partial charge in [0.05, 0.1) is 0 Å². The number of likely N-dealkylation sites (N-methyl/N-ethyl adjacent to an activating group) is 1. The molecule has 94 valence electrons. The SMILES string of the molecule is CN1CCCC(c2cnc(NCCS)nc2)C1. The van der Waals surface area contributed by atoms with Crippen molar-refractivity contribution < 1.29 is 0 Å². The molecule has 1 N–H and O–H groups in total. The van der Waals surface area contributed by atoms with Crippen molar-refractivity contribution in [3.63, 3.8) is 0 Å². The lowest BCUT2D eigenvalue weighted by molar-refractivity contribution is 0.250. The second-order valence-electron chi connectivity index (χ2n) is 4.59. The third-order valence-corrected chi connectivity index (χ3v) is 3.39. The van der Waals surface area contributed by atoms with Gasteiger partial charge in [-0.1, -0.05) is 0 Å². The molecule has 4 nitrogen and oxygen atoms in total. The van der Waals surface area contributed by atoms with Crippen LogP contribution in [0.1, 0.15) is 24.3 Å². The van der Waals surface area contributed by atoms with E-state index in [2.05, 4.69) is 39.9 Å². The van der Waals surface area contributed by atoms with E-state index < -0.39 is 0 Å². The van der Waals surface area contributed by atoms with Gasteiger partial charge >= 0.3 is 0 Å². The minimum Gasteiger partial charge on any atom is -0.353 e. The molecule has 2 heterocycles. The van der Waals surface area contributed by atoms with Gasteiger partial charge in [-0.05, 0) is 37.9 Å². The molecule has 0 amide bonds. The predicted molar refractivity (Wildman–Crippen MR) is 73.8 cm³/mol. The van der Waals surface area contributed by atoms with Crippen molar-refractivity contribution in [1.82, 2.24) is 14.9 Å². The highest BCUT2D eigenvalue weighted by molar-refractivity contribution is 7.80. The molecule has 5 heteroatoms. The van der Waals surface area contributed by atoms with E-state index >= 15 is 0 Å². The molecule has 1 saturated heterocycles. The second-order valence-corrected chi connectivity index (χ2v) is 5.04. The zero-order valence-corrected chi connectivity index (χ0v) is 11.2. The van der Waals surface area contributed by atoms with Gasteiger partial charge in [0.25, 0.3) is 0 Å². The maximum absolute atomic E-state index is 4.34. The van der Waals surface area contributed by atoms with Crippen molar-refractivity contribution in [2.75, 3.05) is 37.8 Å². The molecule has 0 radical (unpaired) electrons. The average molecular weight is 252 g/mol. The van der Waals surface area contributed by atoms with E-state index in [4.69, 9.17) is 0 Å². The summed E-state index contributed by atoms with van der Waals surface area (Å²) in [5.74, 6) is 2.08. The average Bonchev–Trinajstić information content (AvgIpc) is 2.37. The van der Waals surface area contributed by atoms with Gasteiger partial charge < -0.3 is 10.2 Å². The fraction of sp³-hybridized carbons (Fsp3) is 0.667. The van der Waals surface area contributed by atoms with Crippen LogP contribution in [0.25, 0.3) is 0 Å². The molecule has 1 atom stereocenters. The second kappa shape index (κ2) is 6.21. The minimum absolute atomic E-state index is 0.590. The number of piperidine rings is 1. The van der Waals surface area contributed by atoms with Crippen molar-refractivity contribution in [1.29, 1.82) is 0 Å². The Bertz CT molecular complexity index is 341. The molecule has 1 fully saturated rings. The van der Waals surface area contributed by atoms with Crippen LogP contribution in [0.5, 0.6) is 0 Å². The molecular formula is C12H20N4S. The smallest absolute Gasteiger partial charge is 0.222 e. The summed E-state index contributed by atoms with van der Waals surface area (Å²) in [5.41, 5.74) is 1.26. The lowest BCUT2D eigenvalue weighted by Crippen LogP contribution is -2.30. The van der Waals surface area contributed by atoms with Crippen LogP contribution in [0.15, 0.2) is 12.4 Å². The maximum Gasteiger partial charge on any atom is 0.222 e. The van der Waals surface area contributed by atoms with Crippen LogP contribution >= 0.6 is 12.6 Å². The van der Waals surface area contributed by atoms with E-state index in [1.165, 1.54) is 24.9 Å². The van der Waals surface area contributed by atoms with Gasteiger partial charge in [-0.3, -0.25) is 0 Å². The van der Waals surface area contributed by atoms with Crippen LogP contribution in [-0.2, 0) is 0 Å². The Morgan fingerprint density at radius 1 is 1.47 bits per heavy atom. The first-order valence-corrected chi connectivity index (χ1v) is 6.78. The Balaban J connectivity index is 1.96. The molecular weight excluding hydrogens is 232 g/mol. The zero-order chi connectivity index (χ0) is 12.1. The van der Waals surface area contributed by atoms with Crippen LogP contribution in [0, 0.1) is 0 Å². The highest BCUT2D eigenvalue weighted by atomic mass is 32.1. The van der Waals surface area contributed by atoms with E-state index in [9.17, 15) is 0 Å². The van der Waals surface area contributed by atoms with Crippen LogP contribution in [-0.4, -0.2) is 47.3 Å². The van der Waals surface area contributed by atoms with Crippen LogP contribution < -0.4 is 5.32 Å². The van der Waals surface area contributed by atoms with Gasteiger partial charge in [0.15, 0.2) is 0 Å². The first-order chi connectivity index (χ1) is 8.29. The summed E-state index contributed by atoms with van der Waals surface area (Å²) in [5, 5.41) is 3.12. The van der Waals surface area contributed by atoms with Gasteiger partial charge in [-0.15, -0.1) is 0 Å². The molecule has 17 heavy (non-hydrogen) atoms. The lowest BCUT2D eigenvalue weighted by atomic mass is 9.93. The Hall–Kier alpha value is -0.810. The number of aromatic nitrogens is 2. The van der Waals surface area contributed by atoms with Gasteiger partial charge in [0, 0.05) is 31.2 Å². The molecule has 0 aliphatic carbocycles. The summed E-state index contributed by atoms with van der Waals surface area (Å²) in [4.78, 5) is 11.1. The number of hydrogen-bond acceptors (Lipinski definition) is 5. The number of hydrogen-bond donors (Lipinski definition) is 2. The molecule has 2 rings (SSSR count). The predicted octanol–water partition coefficient (Wildman–Crippen LogP) is 1.63. The van der Waals surface area contributed by atoms with E-state index in [1.807, 2.05) is 12.4 Å². The summed E-state index contributed by atoms with van der Waals surface area (Å²) < 4.78 is 0. The summed E-state index contributed by atoms with van der Waals surface area (Å²) in [6, 6.07) is 0. The molecule has 0 spiro atoms. The molecule has 1 aromatic heterocycles. The first kappa shape index (κ1) is 12.6. The maximum atomic E-state index is 4.34. The van der Waals surface area contributed by atoms with Crippen molar-refractivity contribution >= 4 is 18.6 Å². The van der Waals surface area contributed by atoms with Crippen molar-refractivity contribution in [2.45, 2.75) is 18.8 Å². The van der Waals surface area contributed by atoms with Crippen molar-refractivity contribution in [3.05, 3.63) is 18.0 Å². The molecule has 0 aromatic carbocycles. The zero-order valence-electron chi connectivity index (χ0n) is 10.3. The lowest BCUT2D eigenvalue weighted by Gasteiger charge is -2.29. The van der Waals surface area contributed by atoms with Gasteiger partial charge in [0.2, 0.25) is 5.95 Å². The van der Waals surface area contributed by atoms with Crippen LogP contribution in [0.4, 0.5) is 5.95 Å². The Kier molecular flexibility index (Phi) is 4.62. The monoisotopic (exact) mass is 252 g/mol. The molecule has 1 aliphatic rings. The summed E-state index contributed by atoms with van der Waals surface area (Å²) >= 11 is 4.14. The van der Waals surface area contributed by atoms with Gasteiger partial charge in [-0.2, -0.15) is 12.6 Å². The standard InChI is InChI=1S/C12H20N4S/c1-16-5-2-3-10(9-16)11-7-14-12(15-8-11)13-4-6-17/h7-8,10,17H,2-6,9H2,1H3,(H,13,14,15). The normalized spacial score (nSPS) is 21.4. The fourth-order valence-electron chi connectivity index (χ4n) is 2.25. The molecule has 1 unspecified atom stereocenters. The van der Waals surface area contributed by atoms with E-state index in [-0.39, 0.29) is 0 Å². The number of nitrogens with one attached hydrogen (secondary N) is 1. The number of nitrogens with zero attached hydrogens (tertiary/aromatic N) is 3. The number of anilines is 1. The highest BCUT2D eigenvalue weighted by Gasteiger charge is 2.19. The van der Waals surface area contributed by atoms with Crippen molar-refractivity contribution in [2.24, 2.45) is 0 Å². The molecule has 1 aromatic rings. The van der Waals surface area contributed by atoms with Gasteiger partial charge in [0.1, 0.15) is 0 Å². The first-order valence-electron chi connectivity index (χ1n) is 6.15. The summed E-state index contributed by atoms with van der Waals surface area (Å²) in [7, 11) is 2.18. The largest absolute Gasteiger partial charge is 0.353 e. The Morgan fingerprint density at radius 2 is 2.24 bits per heavy atom. The Labute approximate surface area is 108 Å². The van der Waals surface area contributed by atoms with E-state index in [0.29, 0.717) is 11.9 Å². The minimum atomic E-state index is 0.590. The summed E-state index contributed by atoms with van der Waals surface area (Å²) in [6.07, 6.45) is 6.42. The number of likely N-dealkylation sites (tertiary alicyclic amines) is 1.